The second kappa shape index (κ2) is 38.5. The van der Waals surface area contributed by atoms with Crippen LogP contribution in [-0.2, 0) is 0 Å². The van der Waals surface area contributed by atoms with Crippen molar-refractivity contribution in [1.82, 2.24) is 0 Å². The first-order chi connectivity index (χ1) is 16.8. The molecular weight excluding hydrogens is 420 g/mol. The molecule has 35 heavy (non-hydrogen) atoms. The van der Waals surface area contributed by atoms with Crippen LogP contribution in [0.3, 0.4) is 0 Å². The maximum absolute atomic E-state index is 2.35. The van der Waals surface area contributed by atoms with Gasteiger partial charge in [0.15, 0.2) is 0 Å². The third-order valence-corrected chi connectivity index (χ3v) is 8.52. The van der Waals surface area contributed by atoms with E-state index in [9.17, 15) is 0 Å². The van der Waals surface area contributed by atoms with Crippen LogP contribution < -0.4 is 0 Å². The van der Waals surface area contributed by atoms with Crippen LogP contribution >= 0.6 is 0 Å². The average molecular weight is 501 g/mol. The summed E-state index contributed by atoms with van der Waals surface area (Å²) < 4.78 is 0. The van der Waals surface area contributed by atoms with Crippen LogP contribution in [0.4, 0.5) is 0 Å². The highest BCUT2D eigenvalue weighted by Gasteiger charge is 2.20. The van der Waals surface area contributed by atoms with E-state index in [1.807, 2.05) is 27.7 Å². The smallest absolute Gasteiger partial charge is 0.0308 e. The van der Waals surface area contributed by atoms with Gasteiger partial charge in [0.1, 0.15) is 0 Å². The molecule has 0 radical (unpaired) electrons. The van der Waals surface area contributed by atoms with Gasteiger partial charge >= 0.3 is 0 Å². The number of unbranched alkanes of at least 4 members (excludes halogenated alkanes) is 5. The van der Waals surface area contributed by atoms with Gasteiger partial charge < -0.3 is 0 Å². The Morgan fingerprint density at radius 3 is 0.686 bits per heavy atom. The third kappa shape index (κ3) is 34.0. The molecule has 0 saturated heterocycles. The molecule has 0 N–H and O–H groups in total. The van der Waals surface area contributed by atoms with Crippen molar-refractivity contribution < 1.29 is 0 Å². The van der Waals surface area contributed by atoms with Gasteiger partial charge in [-0.15, -0.1) is 0 Å². The lowest BCUT2D eigenvalue weighted by atomic mass is 9.78. The number of rotatable bonds is 12. The van der Waals surface area contributed by atoms with Crippen molar-refractivity contribution in [3.05, 3.63) is 0 Å². The lowest BCUT2D eigenvalue weighted by molar-refractivity contribution is 0.240. The molecule has 0 heteroatoms. The molecule has 0 aromatic carbocycles. The molecule has 0 amide bonds. The fourth-order valence-corrected chi connectivity index (χ4v) is 4.16. The molecule has 1 aliphatic carbocycles. The Morgan fingerprint density at radius 1 is 0.371 bits per heavy atom. The van der Waals surface area contributed by atoms with E-state index in [0.29, 0.717) is 10.8 Å². The van der Waals surface area contributed by atoms with Crippen LogP contribution in [0.25, 0.3) is 0 Å². The topological polar surface area (TPSA) is 0 Å². The molecule has 0 aliphatic heterocycles. The molecule has 0 aromatic rings. The van der Waals surface area contributed by atoms with E-state index in [1.54, 1.807) is 0 Å². The molecule has 0 unspecified atom stereocenters. The molecule has 1 fully saturated rings. The Morgan fingerprint density at radius 2 is 0.600 bits per heavy atom. The predicted molar refractivity (Wildman–Crippen MR) is 172 cm³/mol. The van der Waals surface area contributed by atoms with E-state index in [1.165, 1.54) is 122 Å². The third-order valence-electron chi connectivity index (χ3n) is 8.52. The van der Waals surface area contributed by atoms with Gasteiger partial charge in [-0.05, 0) is 10.8 Å². The molecule has 0 bridgehead atoms. The van der Waals surface area contributed by atoms with Gasteiger partial charge in [-0.1, -0.05) is 219 Å². The van der Waals surface area contributed by atoms with Crippen molar-refractivity contribution in [2.24, 2.45) is 10.8 Å². The summed E-state index contributed by atoms with van der Waals surface area (Å²) in [5.74, 6) is 0. The van der Waals surface area contributed by atoms with E-state index in [2.05, 4.69) is 69.2 Å². The van der Waals surface area contributed by atoms with Gasteiger partial charge in [0.05, 0.1) is 0 Å². The summed E-state index contributed by atoms with van der Waals surface area (Å²) in [6.07, 6.45) is 26.8. The average Bonchev–Trinajstić information content (AvgIpc) is 2.96. The van der Waals surface area contributed by atoms with Gasteiger partial charge in [0.25, 0.3) is 0 Å². The molecule has 220 valence electrons. The van der Waals surface area contributed by atoms with Crippen molar-refractivity contribution in [3.8, 4) is 0 Å². The Hall–Kier alpha value is 0. The van der Waals surface area contributed by atoms with E-state index >= 15 is 0 Å². The Kier molecular flexibility index (Phi) is 49.5. The first kappa shape index (κ1) is 45.0. The summed E-state index contributed by atoms with van der Waals surface area (Å²) in [4.78, 5) is 0. The largest absolute Gasteiger partial charge is 0.0683 e. The normalized spacial score (nSPS) is 12.5. The first-order valence-electron chi connectivity index (χ1n) is 16.8. The minimum Gasteiger partial charge on any atom is -0.0683 e. The molecule has 0 nitrogen and oxygen atoms in total. The first-order valence-corrected chi connectivity index (χ1v) is 16.8. The zero-order valence-corrected chi connectivity index (χ0v) is 28.4. The lowest BCUT2D eigenvalue weighted by Crippen LogP contribution is -2.15. The molecule has 0 aromatic heterocycles. The molecule has 0 atom stereocenters. The van der Waals surface area contributed by atoms with Gasteiger partial charge in [-0.3, -0.25) is 0 Å². The maximum atomic E-state index is 2.35. The van der Waals surface area contributed by atoms with Crippen molar-refractivity contribution >= 4 is 0 Å². The molecular formula is C35H80. The molecule has 1 rings (SSSR count). The minimum atomic E-state index is 0.625. The maximum Gasteiger partial charge on any atom is -0.0308 e. The van der Waals surface area contributed by atoms with Crippen molar-refractivity contribution in [1.29, 1.82) is 0 Å². The summed E-state index contributed by atoms with van der Waals surface area (Å²) in [6.45, 7) is 30.9. The number of hydrogen-bond acceptors (Lipinski definition) is 0. The second-order valence-electron chi connectivity index (χ2n) is 10.3. The van der Waals surface area contributed by atoms with Crippen molar-refractivity contribution in [2.45, 2.75) is 219 Å². The summed E-state index contributed by atoms with van der Waals surface area (Å²) >= 11 is 0. The van der Waals surface area contributed by atoms with E-state index in [4.69, 9.17) is 0 Å². The van der Waals surface area contributed by atoms with Crippen molar-refractivity contribution in [3.63, 3.8) is 0 Å². The fraction of sp³-hybridized carbons (Fsp3) is 1.00. The quantitative estimate of drug-likeness (QED) is 0.234. The summed E-state index contributed by atoms with van der Waals surface area (Å²) in [6, 6.07) is 0. The Bertz CT molecular complexity index is 248. The molecule has 1 saturated carbocycles. The zero-order chi connectivity index (χ0) is 28.4. The monoisotopic (exact) mass is 501 g/mol. The van der Waals surface area contributed by atoms with E-state index in [-0.39, 0.29) is 0 Å². The van der Waals surface area contributed by atoms with E-state index < -0.39 is 0 Å². The van der Waals surface area contributed by atoms with E-state index in [0.717, 1.165) is 0 Å². The van der Waals surface area contributed by atoms with Crippen molar-refractivity contribution in [2.75, 3.05) is 0 Å². The lowest BCUT2D eigenvalue weighted by Gasteiger charge is -2.28. The SMILES string of the molecule is C1CCCCC1.CC.CC.CCC(C)(CC)CC.CCC(CC)(CC)CC.CCCCCCCC. The van der Waals surface area contributed by atoms with Gasteiger partial charge in [-0.25, -0.2) is 0 Å². The van der Waals surface area contributed by atoms with Gasteiger partial charge in [0, 0.05) is 0 Å². The highest BCUT2D eigenvalue weighted by atomic mass is 14.3. The zero-order valence-electron chi connectivity index (χ0n) is 28.4. The Labute approximate surface area is 229 Å². The summed E-state index contributed by atoms with van der Waals surface area (Å²) in [7, 11) is 0. The molecule has 1 aliphatic rings. The van der Waals surface area contributed by atoms with Crippen LogP contribution in [0.15, 0.2) is 0 Å². The second-order valence-corrected chi connectivity index (χ2v) is 10.3. The summed E-state index contributed by atoms with van der Waals surface area (Å²) in [5, 5.41) is 0. The van der Waals surface area contributed by atoms with Gasteiger partial charge in [-0.2, -0.15) is 0 Å². The Balaban J connectivity index is -0.000000109. The molecule has 0 heterocycles. The van der Waals surface area contributed by atoms with Crippen LogP contribution in [0.5, 0.6) is 0 Å². The van der Waals surface area contributed by atoms with Crippen LogP contribution in [0.1, 0.15) is 219 Å². The number of hydrogen-bond donors (Lipinski definition) is 0. The predicted octanol–water partition coefficient (Wildman–Crippen LogP) is 14.6. The fourth-order valence-electron chi connectivity index (χ4n) is 4.16. The van der Waals surface area contributed by atoms with Crippen LogP contribution in [0, 0.1) is 10.8 Å². The summed E-state index contributed by atoms with van der Waals surface area (Å²) in [5.41, 5.74) is 1.29. The highest BCUT2D eigenvalue weighted by Crippen LogP contribution is 2.33. The van der Waals surface area contributed by atoms with Crippen LogP contribution in [0.2, 0.25) is 0 Å². The minimum absolute atomic E-state index is 0.625. The standard InChI is InChI=1S/C9H20.2C8H18.C6H12.2C2H6/c1-5-9(6-2,7-3)8-4;1-5-8(4,6-2)7-3;1-3-5-7-8-6-4-2;1-2-4-6-5-3-1;2*1-2/h5-8H2,1-4H3;5-7H2,1-4H3;3-8H2,1-2H3;1-6H2;2*1-2H3. The van der Waals surface area contributed by atoms with Crippen LogP contribution in [-0.4, -0.2) is 0 Å². The molecule has 0 spiro atoms. The van der Waals surface area contributed by atoms with Gasteiger partial charge in [0.2, 0.25) is 0 Å². The highest BCUT2D eigenvalue weighted by molar-refractivity contribution is 4.72.